The molecule has 0 aliphatic heterocycles. The van der Waals surface area contributed by atoms with E-state index in [1.54, 1.807) is 24.3 Å². The lowest BCUT2D eigenvalue weighted by atomic mass is 9.77. The predicted octanol–water partition coefficient (Wildman–Crippen LogP) is 4.53. The van der Waals surface area contributed by atoms with Gasteiger partial charge in [0, 0.05) is 6.04 Å². The van der Waals surface area contributed by atoms with Crippen molar-refractivity contribution in [2.45, 2.75) is 55.9 Å². The second-order valence-corrected chi connectivity index (χ2v) is 9.09. The van der Waals surface area contributed by atoms with Crippen molar-refractivity contribution in [1.82, 2.24) is 4.72 Å². The molecule has 0 radical (unpaired) electrons. The van der Waals surface area contributed by atoms with E-state index >= 15 is 0 Å². The van der Waals surface area contributed by atoms with Crippen molar-refractivity contribution in [3.63, 3.8) is 0 Å². The van der Waals surface area contributed by atoms with Crippen molar-refractivity contribution < 1.29 is 8.42 Å². The quantitative estimate of drug-likeness (QED) is 0.798. The number of rotatable bonds is 6. The lowest BCUT2D eigenvalue weighted by molar-refractivity contribution is 0.278. The zero-order valence-corrected chi connectivity index (χ0v) is 16.5. The summed E-state index contributed by atoms with van der Waals surface area (Å²) < 4.78 is 29.0. The first-order chi connectivity index (χ1) is 13.0. The van der Waals surface area contributed by atoms with Crippen molar-refractivity contribution in [1.29, 1.82) is 5.26 Å². The summed E-state index contributed by atoms with van der Waals surface area (Å²) in [6.45, 7) is 1.93. The highest BCUT2D eigenvalue weighted by molar-refractivity contribution is 7.89. The molecule has 2 atom stereocenters. The molecule has 3 rings (SSSR count). The predicted molar refractivity (Wildman–Crippen MR) is 107 cm³/mol. The molecule has 0 bridgehead atoms. The molecule has 1 saturated carbocycles. The molecule has 1 aliphatic rings. The van der Waals surface area contributed by atoms with Gasteiger partial charge in [-0.1, -0.05) is 67.3 Å². The number of benzene rings is 2. The Kier molecular flexibility index (Phi) is 6.30. The van der Waals surface area contributed by atoms with Gasteiger partial charge in [-0.15, -0.1) is 0 Å². The normalized spacial score (nSPS) is 17.8. The molecular formula is C22H26N2O2S. The largest absolute Gasteiger partial charge is 0.240 e. The fraction of sp³-hybridized carbons (Fsp3) is 0.409. The number of aryl methyl sites for hydroxylation is 1. The van der Waals surface area contributed by atoms with Gasteiger partial charge in [0.25, 0.3) is 0 Å². The van der Waals surface area contributed by atoms with Crippen molar-refractivity contribution in [3.8, 4) is 6.07 Å². The number of nitrogens with one attached hydrogen (secondary N) is 1. The van der Waals surface area contributed by atoms with Gasteiger partial charge in [-0.05, 0) is 43.4 Å². The molecule has 0 saturated heterocycles. The van der Waals surface area contributed by atoms with E-state index in [0.29, 0.717) is 0 Å². The Morgan fingerprint density at radius 3 is 2.22 bits per heavy atom. The van der Waals surface area contributed by atoms with Gasteiger partial charge in [-0.25, -0.2) is 13.1 Å². The Morgan fingerprint density at radius 2 is 1.63 bits per heavy atom. The van der Waals surface area contributed by atoms with Crippen LogP contribution in [0.15, 0.2) is 59.5 Å². The second kappa shape index (κ2) is 8.69. The van der Waals surface area contributed by atoms with Crippen molar-refractivity contribution in [3.05, 3.63) is 65.7 Å². The van der Waals surface area contributed by atoms with Crippen molar-refractivity contribution in [2.75, 3.05) is 0 Å². The van der Waals surface area contributed by atoms with E-state index in [9.17, 15) is 13.7 Å². The molecule has 2 aromatic rings. The fourth-order valence-corrected chi connectivity index (χ4v) is 5.23. The molecule has 4 nitrogen and oxygen atoms in total. The SMILES string of the molecule is Cc1ccc(S(=O)(=O)N[C@@H](C2CCCCC2)[C@H](C#N)c2ccccc2)cc1. The van der Waals surface area contributed by atoms with Crippen molar-refractivity contribution >= 4 is 10.0 Å². The monoisotopic (exact) mass is 382 g/mol. The molecule has 2 aromatic carbocycles. The van der Waals surface area contributed by atoms with Gasteiger partial charge in [-0.3, -0.25) is 0 Å². The maximum absolute atomic E-state index is 13.0. The summed E-state index contributed by atoms with van der Waals surface area (Å²) in [6.07, 6.45) is 5.25. The van der Waals surface area contributed by atoms with Crippen LogP contribution in [0.3, 0.4) is 0 Å². The third-order valence-corrected chi connectivity index (χ3v) is 6.91. The fourth-order valence-electron chi connectivity index (χ4n) is 3.92. The van der Waals surface area contributed by atoms with E-state index in [0.717, 1.165) is 36.8 Å². The molecule has 0 amide bonds. The standard InChI is InChI=1S/C22H26N2O2S/c1-17-12-14-20(15-13-17)27(25,26)24-22(19-10-6-3-7-11-19)21(16-23)18-8-4-2-5-9-18/h2,4-5,8-9,12-15,19,21-22,24H,3,6-7,10-11H2,1H3/t21-,22+/m1/s1. The van der Waals surface area contributed by atoms with Crippen LogP contribution in [0.1, 0.15) is 49.1 Å². The van der Waals surface area contributed by atoms with Gasteiger partial charge >= 0.3 is 0 Å². The third-order valence-electron chi connectivity index (χ3n) is 5.44. The number of sulfonamides is 1. The lowest BCUT2D eigenvalue weighted by Crippen LogP contribution is -2.44. The maximum atomic E-state index is 13.0. The summed E-state index contributed by atoms with van der Waals surface area (Å²) in [5, 5.41) is 9.90. The first-order valence-electron chi connectivity index (χ1n) is 9.55. The minimum Gasteiger partial charge on any atom is -0.207 e. The molecule has 1 aliphatic carbocycles. The van der Waals surface area contributed by atoms with Crippen LogP contribution < -0.4 is 4.72 Å². The van der Waals surface area contributed by atoms with Crippen LogP contribution in [0.5, 0.6) is 0 Å². The van der Waals surface area contributed by atoms with Gasteiger partial charge in [0.2, 0.25) is 10.0 Å². The lowest BCUT2D eigenvalue weighted by Gasteiger charge is -2.33. The minimum atomic E-state index is -3.69. The number of nitriles is 1. The van der Waals surface area contributed by atoms with Crippen LogP contribution in [-0.4, -0.2) is 14.5 Å². The van der Waals surface area contributed by atoms with E-state index in [2.05, 4.69) is 10.8 Å². The van der Waals surface area contributed by atoms with E-state index in [1.165, 1.54) is 6.42 Å². The average molecular weight is 383 g/mol. The average Bonchev–Trinajstić information content (AvgIpc) is 2.69. The first-order valence-corrected chi connectivity index (χ1v) is 11.0. The van der Waals surface area contributed by atoms with Crippen LogP contribution in [0.4, 0.5) is 0 Å². The summed E-state index contributed by atoms with van der Waals surface area (Å²) in [4.78, 5) is 0.249. The summed E-state index contributed by atoms with van der Waals surface area (Å²) >= 11 is 0. The Labute approximate surface area is 162 Å². The summed E-state index contributed by atoms with van der Waals surface area (Å²) in [6, 6.07) is 18.3. The molecule has 0 unspecified atom stereocenters. The van der Waals surface area contributed by atoms with Gasteiger partial charge in [0.15, 0.2) is 0 Å². The second-order valence-electron chi connectivity index (χ2n) is 7.38. The topological polar surface area (TPSA) is 70.0 Å². The van der Waals surface area contributed by atoms with Gasteiger partial charge in [0.05, 0.1) is 16.9 Å². The molecule has 142 valence electrons. The van der Waals surface area contributed by atoms with Gasteiger partial charge in [-0.2, -0.15) is 5.26 Å². The Bertz CT molecular complexity index is 880. The Balaban J connectivity index is 1.94. The van der Waals surface area contributed by atoms with Gasteiger partial charge < -0.3 is 0 Å². The molecule has 0 aromatic heterocycles. The van der Waals surface area contributed by atoms with Crippen molar-refractivity contribution in [2.24, 2.45) is 5.92 Å². The molecule has 0 spiro atoms. The summed E-state index contributed by atoms with van der Waals surface area (Å²) in [7, 11) is -3.69. The highest BCUT2D eigenvalue weighted by atomic mass is 32.2. The highest BCUT2D eigenvalue weighted by Crippen LogP contribution is 2.34. The van der Waals surface area contributed by atoms with Crippen LogP contribution >= 0.6 is 0 Å². The first kappa shape index (κ1) is 19.6. The van der Waals surface area contributed by atoms with E-state index in [4.69, 9.17) is 0 Å². The maximum Gasteiger partial charge on any atom is 0.240 e. The summed E-state index contributed by atoms with van der Waals surface area (Å²) in [5.74, 6) is -0.335. The number of hydrogen-bond acceptors (Lipinski definition) is 3. The zero-order chi connectivity index (χ0) is 19.3. The highest BCUT2D eigenvalue weighted by Gasteiger charge is 2.35. The smallest absolute Gasteiger partial charge is 0.207 e. The number of hydrogen-bond donors (Lipinski definition) is 1. The van der Waals surface area contributed by atoms with E-state index in [1.807, 2.05) is 37.3 Å². The van der Waals surface area contributed by atoms with Crippen LogP contribution in [0.2, 0.25) is 0 Å². The zero-order valence-electron chi connectivity index (χ0n) is 15.6. The molecule has 5 heteroatoms. The van der Waals surface area contributed by atoms with E-state index < -0.39 is 22.0 Å². The molecule has 1 N–H and O–H groups in total. The minimum absolute atomic E-state index is 0.170. The van der Waals surface area contributed by atoms with E-state index in [-0.39, 0.29) is 10.8 Å². The molecule has 27 heavy (non-hydrogen) atoms. The number of nitrogens with zero attached hydrogens (tertiary/aromatic N) is 1. The third kappa shape index (κ3) is 4.77. The molecular weight excluding hydrogens is 356 g/mol. The van der Waals surface area contributed by atoms with Crippen LogP contribution in [0, 0.1) is 24.2 Å². The molecule has 1 fully saturated rings. The summed E-state index contributed by atoms with van der Waals surface area (Å²) in [5.41, 5.74) is 1.87. The van der Waals surface area contributed by atoms with Crippen LogP contribution in [-0.2, 0) is 10.0 Å². The Morgan fingerprint density at radius 1 is 1.00 bits per heavy atom. The molecule has 0 heterocycles. The van der Waals surface area contributed by atoms with Gasteiger partial charge in [0.1, 0.15) is 0 Å². The van der Waals surface area contributed by atoms with Crippen LogP contribution in [0.25, 0.3) is 0 Å². The Hall–Kier alpha value is -2.16.